The number of carbonyl (C=O) groups excluding carboxylic acids is 1. The Morgan fingerprint density at radius 3 is 2.79 bits per heavy atom. The van der Waals surface area contributed by atoms with Gasteiger partial charge < -0.3 is 9.64 Å². The summed E-state index contributed by atoms with van der Waals surface area (Å²) in [4.78, 5) is 18.6. The minimum atomic E-state index is -0.440. The summed E-state index contributed by atoms with van der Waals surface area (Å²) >= 11 is 0. The van der Waals surface area contributed by atoms with Crippen molar-refractivity contribution in [3.63, 3.8) is 0 Å². The number of pyridine rings is 1. The van der Waals surface area contributed by atoms with E-state index in [1.165, 1.54) is 12.3 Å². The third-order valence-corrected chi connectivity index (χ3v) is 4.52. The molecule has 0 aliphatic carbocycles. The molecule has 0 saturated carbocycles. The smallest absolute Gasteiger partial charge is 0.258 e. The van der Waals surface area contributed by atoms with Gasteiger partial charge in [0.05, 0.1) is 53.6 Å². The Morgan fingerprint density at radius 1 is 1.28 bits per heavy atom. The van der Waals surface area contributed by atoms with E-state index in [-0.39, 0.29) is 12.0 Å². The van der Waals surface area contributed by atoms with Crippen LogP contribution in [0.15, 0.2) is 42.9 Å². The number of amides is 1. The fraction of sp³-hybridized carbons (Fsp3) is 0.238. The average molecular weight is 391 g/mol. The zero-order valence-electron chi connectivity index (χ0n) is 16.0. The van der Waals surface area contributed by atoms with Gasteiger partial charge in [-0.15, -0.1) is 0 Å². The maximum Gasteiger partial charge on any atom is 0.258 e. The Bertz CT molecular complexity index is 1110. The highest BCUT2D eigenvalue weighted by molar-refractivity contribution is 5.97. The molecule has 2 aromatic heterocycles. The number of rotatable bonds is 4. The van der Waals surface area contributed by atoms with E-state index in [4.69, 9.17) is 4.74 Å². The van der Waals surface area contributed by atoms with Gasteiger partial charge >= 0.3 is 0 Å². The SMILES string of the molecule is CC(C)Oc1ccc(C#N)cc1C(=O)N1Cc2cn(-c3cncc(F)c3)nc2C1. The Morgan fingerprint density at radius 2 is 2.10 bits per heavy atom. The number of hydrogen-bond acceptors (Lipinski definition) is 5. The summed E-state index contributed by atoms with van der Waals surface area (Å²) in [6.45, 7) is 4.45. The van der Waals surface area contributed by atoms with Gasteiger partial charge in [0.15, 0.2) is 0 Å². The second-order valence-electron chi connectivity index (χ2n) is 7.06. The first kappa shape index (κ1) is 18.6. The highest BCUT2D eigenvalue weighted by atomic mass is 19.1. The van der Waals surface area contributed by atoms with Crippen LogP contribution < -0.4 is 4.74 Å². The number of benzene rings is 1. The monoisotopic (exact) mass is 391 g/mol. The fourth-order valence-corrected chi connectivity index (χ4v) is 3.25. The van der Waals surface area contributed by atoms with Gasteiger partial charge in [0.2, 0.25) is 0 Å². The highest BCUT2D eigenvalue weighted by Crippen LogP contribution is 2.28. The quantitative estimate of drug-likeness (QED) is 0.682. The Kier molecular flexibility index (Phi) is 4.72. The molecule has 0 fully saturated rings. The number of nitriles is 1. The van der Waals surface area contributed by atoms with Gasteiger partial charge in [-0.25, -0.2) is 9.07 Å². The number of carbonyl (C=O) groups is 1. The first-order valence-electron chi connectivity index (χ1n) is 9.13. The molecular formula is C21H18FN5O2. The van der Waals surface area contributed by atoms with E-state index in [0.717, 1.165) is 17.5 Å². The highest BCUT2D eigenvalue weighted by Gasteiger charge is 2.29. The number of hydrogen-bond donors (Lipinski definition) is 0. The molecule has 0 saturated heterocycles. The van der Waals surface area contributed by atoms with E-state index in [0.29, 0.717) is 35.7 Å². The average Bonchev–Trinajstić information content (AvgIpc) is 3.26. The Labute approximate surface area is 167 Å². The van der Waals surface area contributed by atoms with Crippen LogP contribution in [0.4, 0.5) is 4.39 Å². The molecule has 0 N–H and O–H groups in total. The van der Waals surface area contributed by atoms with Crippen molar-refractivity contribution in [2.75, 3.05) is 0 Å². The molecule has 1 aromatic carbocycles. The van der Waals surface area contributed by atoms with Crippen molar-refractivity contribution in [2.24, 2.45) is 0 Å². The number of halogens is 1. The Balaban J connectivity index is 1.58. The van der Waals surface area contributed by atoms with Crippen LogP contribution in [-0.2, 0) is 13.1 Å². The van der Waals surface area contributed by atoms with Gasteiger partial charge in [0.25, 0.3) is 5.91 Å². The molecule has 4 rings (SSSR count). The summed E-state index contributed by atoms with van der Waals surface area (Å²) in [6.07, 6.45) is 4.33. The summed E-state index contributed by atoms with van der Waals surface area (Å²) in [6, 6.07) is 8.24. The summed E-state index contributed by atoms with van der Waals surface area (Å²) in [5.41, 5.74) is 2.89. The van der Waals surface area contributed by atoms with Gasteiger partial charge in [0, 0.05) is 24.4 Å². The number of nitrogens with zero attached hydrogens (tertiary/aromatic N) is 5. The van der Waals surface area contributed by atoms with Crippen molar-refractivity contribution in [1.29, 1.82) is 5.26 Å². The van der Waals surface area contributed by atoms with Crippen molar-refractivity contribution in [3.05, 3.63) is 71.1 Å². The molecule has 29 heavy (non-hydrogen) atoms. The van der Waals surface area contributed by atoms with Crippen LogP contribution in [0.1, 0.15) is 41.0 Å². The second-order valence-corrected chi connectivity index (χ2v) is 7.06. The van der Waals surface area contributed by atoms with Crippen LogP contribution in [0.25, 0.3) is 5.69 Å². The summed E-state index contributed by atoms with van der Waals surface area (Å²) in [5.74, 6) is -0.218. The summed E-state index contributed by atoms with van der Waals surface area (Å²) in [5, 5.41) is 13.7. The van der Waals surface area contributed by atoms with Crippen LogP contribution in [0, 0.1) is 17.1 Å². The maximum atomic E-state index is 13.4. The lowest BCUT2D eigenvalue weighted by Gasteiger charge is -2.19. The number of ether oxygens (including phenoxy) is 1. The first-order valence-corrected chi connectivity index (χ1v) is 9.13. The maximum absolute atomic E-state index is 13.4. The lowest BCUT2D eigenvalue weighted by atomic mass is 10.1. The van der Waals surface area contributed by atoms with Gasteiger partial charge in [0.1, 0.15) is 11.6 Å². The molecule has 0 atom stereocenters. The fourth-order valence-electron chi connectivity index (χ4n) is 3.25. The second kappa shape index (κ2) is 7.36. The summed E-state index contributed by atoms with van der Waals surface area (Å²) in [7, 11) is 0. The predicted molar refractivity (Wildman–Crippen MR) is 102 cm³/mol. The molecule has 0 spiro atoms. The topological polar surface area (TPSA) is 84.0 Å². The van der Waals surface area contributed by atoms with E-state index in [1.54, 1.807) is 34.0 Å². The van der Waals surface area contributed by atoms with Gasteiger partial charge in [-0.2, -0.15) is 10.4 Å². The van der Waals surface area contributed by atoms with E-state index in [9.17, 15) is 14.4 Å². The molecule has 1 aliphatic rings. The summed E-state index contributed by atoms with van der Waals surface area (Å²) < 4.78 is 20.7. The van der Waals surface area contributed by atoms with E-state index in [2.05, 4.69) is 16.2 Å². The van der Waals surface area contributed by atoms with Gasteiger partial charge in [-0.3, -0.25) is 9.78 Å². The molecule has 0 unspecified atom stereocenters. The molecule has 146 valence electrons. The molecule has 0 radical (unpaired) electrons. The van der Waals surface area contributed by atoms with Crippen LogP contribution in [0.2, 0.25) is 0 Å². The van der Waals surface area contributed by atoms with Crippen LogP contribution in [-0.4, -0.2) is 31.7 Å². The van der Waals surface area contributed by atoms with Crippen molar-refractivity contribution in [1.82, 2.24) is 19.7 Å². The molecule has 1 aliphatic heterocycles. The minimum Gasteiger partial charge on any atom is -0.490 e. The van der Waals surface area contributed by atoms with Crippen LogP contribution in [0.3, 0.4) is 0 Å². The molecule has 1 amide bonds. The molecule has 8 heteroatoms. The lowest BCUT2D eigenvalue weighted by Crippen LogP contribution is -2.27. The van der Waals surface area contributed by atoms with Gasteiger partial charge in [-0.1, -0.05) is 0 Å². The minimum absolute atomic E-state index is 0.104. The van der Waals surface area contributed by atoms with Crippen molar-refractivity contribution in [3.8, 4) is 17.5 Å². The van der Waals surface area contributed by atoms with E-state index < -0.39 is 5.82 Å². The normalized spacial score (nSPS) is 12.7. The largest absolute Gasteiger partial charge is 0.490 e. The van der Waals surface area contributed by atoms with Crippen LogP contribution >= 0.6 is 0 Å². The zero-order chi connectivity index (χ0) is 20.5. The Hall–Kier alpha value is -3.73. The molecule has 7 nitrogen and oxygen atoms in total. The zero-order valence-corrected chi connectivity index (χ0v) is 16.0. The number of fused-ring (bicyclic) bond motifs is 1. The van der Waals surface area contributed by atoms with Crippen LogP contribution in [0.5, 0.6) is 5.75 Å². The third-order valence-electron chi connectivity index (χ3n) is 4.52. The molecule has 3 aromatic rings. The molecule has 0 bridgehead atoms. The lowest BCUT2D eigenvalue weighted by molar-refractivity contribution is 0.0743. The standard InChI is InChI=1S/C21H18FN5O2/c1-13(2)29-20-4-3-14(7-23)5-18(20)21(28)26-10-15-11-27(25-19(15)12-26)17-6-16(22)8-24-9-17/h3-6,8-9,11,13H,10,12H2,1-2H3. The van der Waals surface area contributed by atoms with E-state index >= 15 is 0 Å². The molecule has 3 heterocycles. The third kappa shape index (κ3) is 3.67. The molecular weight excluding hydrogens is 373 g/mol. The first-order chi connectivity index (χ1) is 13.9. The predicted octanol–water partition coefficient (Wildman–Crippen LogP) is 3.22. The van der Waals surface area contributed by atoms with Crippen molar-refractivity contribution in [2.45, 2.75) is 33.0 Å². The van der Waals surface area contributed by atoms with Gasteiger partial charge in [-0.05, 0) is 32.0 Å². The number of aromatic nitrogens is 3. The van der Waals surface area contributed by atoms with Crippen molar-refractivity contribution < 1.29 is 13.9 Å². The van der Waals surface area contributed by atoms with Crippen molar-refractivity contribution >= 4 is 5.91 Å². The van der Waals surface area contributed by atoms with E-state index in [1.807, 2.05) is 13.8 Å².